The number of carbonyl (C=O) groups is 1. The molecule has 1 aliphatic heterocycles. The molecule has 4 nitrogen and oxygen atoms in total. The number of halogens is 2. The molecule has 1 aliphatic rings. The number of rotatable bonds is 2. The zero-order valence-electron chi connectivity index (χ0n) is 7.86. The summed E-state index contributed by atoms with van der Waals surface area (Å²) in [7, 11) is 0. The topological polar surface area (TPSA) is 46.1 Å². The second kappa shape index (κ2) is 4.61. The van der Waals surface area contributed by atoms with Crippen LogP contribution in [0.15, 0.2) is 12.1 Å². The molecule has 80 valence electrons. The summed E-state index contributed by atoms with van der Waals surface area (Å²) in [6.07, 6.45) is 0.511. The van der Waals surface area contributed by atoms with Gasteiger partial charge in [-0.3, -0.25) is 9.69 Å². The minimum Gasteiger partial charge on any atom is -0.295 e. The number of alkyl halides is 1. The van der Waals surface area contributed by atoms with Crippen LogP contribution in [-0.2, 0) is 4.79 Å². The van der Waals surface area contributed by atoms with Crippen molar-refractivity contribution in [1.29, 1.82) is 0 Å². The van der Waals surface area contributed by atoms with Crippen molar-refractivity contribution in [2.24, 2.45) is 5.92 Å². The highest BCUT2D eigenvalue weighted by Crippen LogP contribution is 2.23. The van der Waals surface area contributed by atoms with Gasteiger partial charge in [0.2, 0.25) is 5.91 Å². The van der Waals surface area contributed by atoms with Crippen LogP contribution in [0.2, 0.25) is 0 Å². The molecule has 0 aromatic carbocycles. The number of anilines is 1. The lowest BCUT2D eigenvalue weighted by atomic mass is 10.1. The Morgan fingerprint density at radius 3 is 2.87 bits per heavy atom. The summed E-state index contributed by atoms with van der Waals surface area (Å²) >= 11 is 7.81. The van der Waals surface area contributed by atoms with Gasteiger partial charge in [0, 0.05) is 18.8 Å². The Bertz CT molecular complexity index is 370. The molecule has 0 spiro atoms. The Morgan fingerprint density at radius 2 is 2.33 bits per heavy atom. The molecule has 0 aliphatic carbocycles. The first-order valence-electron chi connectivity index (χ1n) is 4.56. The molecular formula is C9H9ClIN3O. The van der Waals surface area contributed by atoms with Crippen molar-refractivity contribution in [3.05, 3.63) is 15.8 Å². The van der Waals surface area contributed by atoms with Gasteiger partial charge in [0.25, 0.3) is 0 Å². The van der Waals surface area contributed by atoms with Crippen LogP contribution in [-0.4, -0.2) is 28.5 Å². The van der Waals surface area contributed by atoms with E-state index in [2.05, 4.69) is 32.8 Å². The van der Waals surface area contributed by atoms with E-state index in [0.717, 1.165) is 3.70 Å². The van der Waals surface area contributed by atoms with E-state index in [1.54, 1.807) is 4.90 Å². The highest BCUT2D eigenvalue weighted by molar-refractivity contribution is 14.1. The summed E-state index contributed by atoms with van der Waals surface area (Å²) in [6, 6.07) is 3.65. The molecule has 0 bridgehead atoms. The lowest BCUT2D eigenvalue weighted by molar-refractivity contribution is -0.117. The average molecular weight is 338 g/mol. The fraction of sp³-hybridized carbons (Fsp3) is 0.444. The van der Waals surface area contributed by atoms with Gasteiger partial charge in [0.05, 0.1) is 0 Å². The lowest BCUT2D eigenvalue weighted by Crippen LogP contribution is -2.25. The van der Waals surface area contributed by atoms with E-state index in [9.17, 15) is 4.79 Å². The molecule has 1 fully saturated rings. The molecule has 2 rings (SSSR count). The summed E-state index contributed by atoms with van der Waals surface area (Å²) in [5.41, 5.74) is 0. The van der Waals surface area contributed by atoms with Gasteiger partial charge in [-0.2, -0.15) is 0 Å². The van der Waals surface area contributed by atoms with Crippen LogP contribution < -0.4 is 4.90 Å². The van der Waals surface area contributed by atoms with Crippen LogP contribution in [0.5, 0.6) is 0 Å². The minimum absolute atomic E-state index is 0.0798. The van der Waals surface area contributed by atoms with Gasteiger partial charge in [-0.25, -0.2) is 0 Å². The summed E-state index contributed by atoms with van der Waals surface area (Å²) in [4.78, 5) is 13.3. The molecule has 1 aromatic heterocycles. The van der Waals surface area contributed by atoms with E-state index in [4.69, 9.17) is 11.6 Å². The Morgan fingerprint density at radius 1 is 1.53 bits per heavy atom. The van der Waals surface area contributed by atoms with Gasteiger partial charge >= 0.3 is 0 Å². The third kappa shape index (κ3) is 2.39. The summed E-state index contributed by atoms with van der Waals surface area (Å²) in [5.74, 6) is 1.45. The van der Waals surface area contributed by atoms with E-state index in [-0.39, 0.29) is 11.8 Å². The maximum atomic E-state index is 11.6. The Labute approximate surface area is 106 Å². The molecule has 1 saturated heterocycles. The van der Waals surface area contributed by atoms with Gasteiger partial charge < -0.3 is 0 Å². The Balaban J connectivity index is 2.18. The molecule has 1 aromatic rings. The maximum absolute atomic E-state index is 11.6. The number of carbonyl (C=O) groups excluding carboxylic acids is 1. The highest BCUT2D eigenvalue weighted by atomic mass is 127. The van der Waals surface area contributed by atoms with Gasteiger partial charge in [-0.15, -0.1) is 21.8 Å². The molecule has 1 atom stereocenters. The van der Waals surface area contributed by atoms with Crippen molar-refractivity contribution in [2.45, 2.75) is 6.42 Å². The van der Waals surface area contributed by atoms with Gasteiger partial charge in [-0.1, -0.05) is 0 Å². The van der Waals surface area contributed by atoms with Crippen molar-refractivity contribution in [3.63, 3.8) is 0 Å². The van der Waals surface area contributed by atoms with Crippen LogP contribution in [0, 0.1) is 9.62 Å². The van der Waals surface area contributed by atoms with Crippen LogP contribution in [0.25, 0.3) is 0 Å². The number of nitrogens with zero attached hydrogens (tertiary/aromatic N) is 3. The summed E-state index contributed by atoms with van der Waals surface area (Å²) in [5, 5.41) is 7.90. The Hall–Kier alpha value is -0.430. The van der Waals surface area contributed by atoms with Crippen LogP contribution in [0.3, 0.4) is 0 Å². The molecule has 1 amide bonds. The molecule has 0 saturated carbocycles. The lowest BCUT2D eigenvalue weighted by Gasteiger charge is -2.13. The van der Waals surface area contributed by atoms with E-state index in [0.29, 0.717) is 24.7 Å². The van der Waals surface area contributed by atoms with Crippen molar-refractivity contribution in [3.8, 4) is 0 Å². The van der Waals surface area contributed by atoms with Crippen molar-refractivity contribution in [2.75, 3.05) is 17.3 Å². The fourth-order valence-electron chi connectivity index (χ4n) is 1.56. The molecule has 0 N–H and O–H groups in total. The second-order valence-corrected chi connectivity index (χ2v) is 4.86. The number of amides is 1. The highest BCUT2D eigenvalue weighted by Gasteiger charge is 2.30. The van der Waals surface area contributed by atoms with Gasteiger partial charge in [-0.05, 0) is 40.6 Å². The predicted octanol–water partition coefficient (Wildman–Crippen LogP) is 1.67. The van der Waals surface area contributed by atoms with Crippen LogP contribution in [0.1, 0.15) is 6.42 Å². The SMILES string of the molecule is O=C1CC(CCl)CN1c1ccc(I)nn1. The number of hydrogen-bond donors (Lipinski definition) is 0. The molecule has 6 heteroatoms. The van der Waals surface area contributed by atoms with E-state index in [1.165, 1.54) is 0 Å². The molecular weight excluding hydrogens is 328 g/mol. The van der Waals surface area contributed by atoms with E-state index in [1.807, 2.05) is 12.1 Å². The first-order chi connectivity index (χ1) is 7.20. The molecule has 1 unspecified atom stereocenters. The summed E-state index contributed by atoms with van der Waals surface area (Å²) < 4.78 is 0.817. The third-order valence-electron chi connectivity index (χ3n) is 2.32. The quantitative estimate of drug-likeness (QED) is 0.609. The first kappa shape index (κ1) is 11.1. The predicted molar refractivity (Wildman–Crippen MR) is 65.9 cm³/mol. The third-order valence-corrected chi connectivity index (χ3v) is 3.33. The van der Waals surface area contributed by atoms with Crippen molar-refractivity contribution in [1.82, 2.24) is 10.2 Å². The largest absolute Gasteiger partial charge is 0.295 e. The second-order valence-electron chi connectivity index (χ2n) is 3.44. The Kier molecular flexibility index (Phi) is 3.40. The standard InChI is InChI=1S/C9H9ClIN3O/c10-4-6-3-9(15)14(5-6)8-2-1-7(11)12-13-8/h1-2,6H,3-5H2. The summed E-state index contributed by atoms with van der Waals surface area (Å²) in [6.45, 7) is 0.650. The zero-order chi connectivity index (χ0) is 10.8. The normalized spacial score (nSPS) is 21.1. The maximum Gasteiger partial charge on any atom is 0.228 e. The van der Waals surface area contributed by atoms with Crippen LogP contribution >= 0.6 is 34.2 Å². The zero-order valence-corrected chi connectivity index (χ0v) is 10.8. The first-order valence-corrected chi connectivity index (χ1v) is 6.17. The molecule has 15 heavy (non-hydrogen) atoms. The van der Waals surface area contributed by atoms with Gasteiger partial charge in [0.1, 0.15) is 3.70 Å². The number of hydrogen-bond acceptors (Lipinski definition) is 3. The van der Waals surface area contributed by atoms with Crippen molar-refractivity contribution < 1.29 is 4.79 Å². The minimum atomic E-state index is 0.0798. The number of aromatic nitrogens is 2. The van der Waals surface area contributed by atoms with Crippen LogP contribution in [0.4, 0.5) is 5.82 Å². The molecule has 0 radical (unpaired) electrons. The average Bonchev–Trinajstić information content (AvgIpc) is 2.61. The van der Waals surface area contributed by atoms with Crippen molar-refractivity contribution >= 4 is 45.9 Å². The van der Waals surface area contributed by atoms with E-state index >= 15 is 0 Å². The van der Waals surface area contributed by atoms with Gasteiger partial charge in [0.15, 0.2) is 5.82 Å². The van der Waals surface area contributed by atoms with E-state index < -0.39 is 0 Å². The fourth-order valence-corrected chi connectivity index (χ4v) is 2.05. The smallest absolute Gasteiger partial charge is 0.228 e. The molecule has 2 heterocycles. The monoisotopic (exact) mass is 337 g/mol.